The van der Waals surface area contributed by atoms with Gasteiger partial charge in [0.15, 0.2) is 0 Å². The van der Waals surface area contributed by atoms with E-state index < -0.39 is 0 Å². The summed E-state index contributed by atoms with van der Waals surface area (Å²) in [7, 11) is 0. The molecule has 0 radical (unpaired) electrons. The summed E-state index contributed by atoms with van der Waals surface area (Å²) in [5.41, 5.74) is 2.13. The molecule has 6 rings (SSSR count). The maximum atomic E-state index is 10.1. The van der Waals surface area contributed by atoms with Crippen LogP contribution in [0, 0.1) is 45.3 Å². The molecule has 0 spiro atoms. The van der Waals surface area contributed by atoms with Gasteiger partial charge in [0.05, 0.1) is 44.3 Å². The highest BCUT2D eigenvalue weighted by Gasteiger charge is 2.25. The highest BCUT2D eigenvalue weighted by atomic mass is 14.8. The van der Waals surface area contributed by atoms with Gasteiger partial charge in [0.2, 0.25) is 0 Å². The monoisotopic (exact) mass is 432 g/mol. The van der Waals surface area contributed by atoms with Gasteiger partial charge in [-0.2, -0.15) is 21.0 Å². The van der Waals surface area contributed by atoms with E-state index in [0.29, 0.717) is 27.2 Å². The van der Waals surface area contributed by atoms with E-state index in [2.05, 4.69) is 32.1 Å². The number of nitrogens with zero attached hydrogens (tertiary/aromatic N) is 8. The normalized spacial score (nSPS) is 10.8. The second kappa shape index (κ2) is 6.90. The average molecular weight is 432 g/mol. The summed E-state index contributed by atoms with van der Waals surface area (Å²) >= 11 is 0. The fourth-order valence-corrected chi connectivity index (χ4v) is 4.71. The van der Waals surface area contributed by atoms with Crippen LogP contribution in [0.15, 0.2) is 49.1 Å². The molecule has 4 aromatic carbocycles. The lowest BCUT2D eigenvalue weighted by Crippen LogP contribution is -2.01. The molecule has 152 valence electrons. The number of benzene rings is 4. The van der Waals surface area contributed by atoms with E-state index in [1.54, 1.807) is 18.6 Å². The molecule has 8 heteroatoms. The lowest BCUT2D eigenvalue weighted by Gasteiger charge is -2.15. The molecule has 0 saturated heterocycles. The lowest BCUT2D eigenvalue weighted by atomic mass is 9.86. The maximum Gasteiger partial charge on any atom is 0.102 e. The number of hydrogen-bond acceptors (Lipinski definition) is 8. The lowest BCUT2D eigenvalue weighted by molar-refractivity contribution is 1.30. The van der Waals surface area contributed by atoms with E-state index in [9.17, 15) is 21.0 Å². The molecule has 6 aromatic rings. The molecule has 0 fully saturated rings. The van der Waals surface area contributed by atoms with Gasteiger partial charge >= 0.3 is 0 Å². The summed E-state index contributed by atoms with van der Waals surface area (Å²) in [4.78, 5) is 18.0. The topological polar surface area (TPSA) is 147 Å². The third-order valence-corrected chi connectivity index (χ3v) is 6.02. The molecule has 0 amide bonds. The molecule has 0 N–H and O–H groups in total. The van der Waals surface area contributed by atoms with Crippen molar-refractivity contribution in [2.24, 2.45) is 0 Å². The van der Waals surface area contributed by atoms with Gasteiger partial charge < -0.3 is 0 Å². The molecule has 34 heavy (non-hydrogen) atoms. The van der Waals surface area contributed by atoms with Crippen molar-refractivity contribution < 1.29 is 0 Å². The van der Waals surface area contributed by atoms with Gasteiger partial charge in [0.25, 0.3) is 0 Å². The van der Waals surface area contributed by atoms with Gasteiger partial charge in [0, 0.05) is 46.3 Å². The Labute approximate surface area is 191 Å². The second-order valence-electron chi connectivity index (χ2n) is 7.52. The van der Waals surface area contributed by atoms with Crippen molar-refractivity contribution in [3.05, 3.63) is 71.3 Å². The van der Waals surface area contributed by atoms with E-state index in [-0.39, 0.29) is 22.3 Å². The second-order valence-corrected chi connectivity index (χ2v) is 7.52. The Bertz CT molecular complexity index is 2070. The van der Waals surface area contributed by atoms with Crippen molar-refractivity contribution in [2.75, 3.05) is 0 Å². The Morgan fingerprint density at radius 1 is 0.441 bits per heavy atom. The molecule has 0 aliphatic heterocycles. The third kappa shape index (κ3) is 2.26. The minimum Gasteiger partial charge on any atom is -0.253 e. The summed E-state index contributed by atoms with van der Waals surface area (Å²) in [5.74, 6) is 0. The smallest absolute Gasteiger partial charge is 0.102 e. The molecule has 2 heterocycles. The van der Waals surface area contributed by atoms with Crippen LogP contribution in [-0.2, 0) is 0 Å². The number of hydrogen-bond donors (Lipinski definition) is 0. The molecule has 0 aliphatic rings. The first-order valence-corrected chi connectivity index (χ1v) is 10.1. The average Bonchev–Trinajstić information content (AvgIpc) is 2.90. The van der Waals surface area contributed by atoms with Crippen LogP contribution >= 0.6 is 0 Å². The van der Waals surface area contributed by atoms with Gasteiger partial charge in [-0.05, 0) is 16.8 Å². The molecule has 8 nitrogen and oxygen atoms in total. The van der Waals surface area contributed by atoms with Crippen LogP contribution in [0.2, 0.25) is 0 Å². The van der Waals surface area contributed by atoms with Gasteiger partial charge in [-0.1, -0.05) is 18.2 Å². The minimum absolute atomic E-state index is 0.00456. The number of rotatable bonds is 0. The summed E-state index contributed by atoms with van der Waals surface area (Å²) in [6.07, 6.45) is 6.30. The standard InChI is InChI=1S/C26H8N8/c27-9-16-17(10-28)19(12-30)23-21(18(16)11-29)15-2-1-14-13(3-4-20-24(14)32-6-5-31-20)22(15)25-26(23)34-8-7-33-25/h1-8H. The SMILES string of the molecule is N#Cc1c(C#N)c(C#N)c2c3nccnc3c3c4ccc5nccnc5c4ccc3c2c1C#N. The van der Waals surface area contributed by atoms with E-state index >= 15 is 0 Å². The number of aromatic nitrogens is 4. The van der Waals surface area contributed by atoms with Crippen molar-refractivity contribution in [3.63, 3.8) is 0 Å². The highest BCUT2D eigenvalue weighted by Crippen LogP contribution is 2.42. The van der Waals surface area contributed by atoms with Crippen molar-refractivity contribution in [2.45, 2.75) is 0 Å². The molecular formula is C26H8N8. The first-order chi connectivity index (χ1) is 16.7. The van der Waals surface area contributed by atoms with Crippen LogP contribution in [0.3, 0.4) is 0 Å². The molecular weight excluding hydrogens is 424 g/mol. The molecule has 2 aromatic heterocycles. The molecule has 0 aliphatic carbocycles. The quantitative estimate of drug-likeness (QED) is 0.318. The van der Waals surface area contributed by atoms with Crippen LogP contribution in [0.5, 0.6) is 0 Å². The Morgan fingerprint density at radius 3 is 1.59 bits per heavy atom. The van der Waals surface area contributed by atoms with Crippen molar-refractivity contribution in [3.8, 4) is 24.3 Å². The fourth-order valence-electron chi connectivity index (χ4n) is 4.71. The van der Waals surface area contributed by atoms with Gasteiger partial charge in [-0.25, -0.2) is 0 Å². The predicted molar refractivity (Wildman–Crippen MR) is 124 cm³/mol. The van der Waals surface area contributed by atoms with E-state index in [0.717, 1.165) is 27.2 Å². The van der Waals surface area contributed by atoms with Crippen LogP contribution in [0.4, 0.5) is 0 Å². The molecule has 0 atom stereocenters. The Balaban J connectivity index is 2.04. The number of nitriles is 4. The largest absolute Gasteiger partial charge is 0.253 e. The molecule has 0 bridgehead atoms. The summed E-state index contributed by atoms with van der Waals surface area (Å²) < 4.78 is 0. The minimum atomic E-state index is -0.137. The van der Waals surface area contributed by atoms with Crippen molar-refractivity contribution >= 4 is 54.4 Å². The zero-order valence-electron chi connectivity index (χ0n) is 17.2. The fraction of sp³-hybridized carbons (Fsp3) is 0. The van der Waals surface area contributed by atoms with Gasteiger partial charge in [-0.3, -0.25) is 19.9 Å². The highest BCUT2D eigenvalue weighted by molar-refractivity contribution is 6.33. The third-order valence-electron chi connectivity index (χ3n) is 6.02. The Kier molecular flexibility index (Phi) is 3.86. The van der Waals surface area contributed by atoms with Crippen molar-refractivity contribution in [1.82, 2.24) is 19.9 Å². The van der Waals surface area contributed by atoms with E-state index in [1.807, 2.05) is 36.4 Å². The summed E-state index contributed by atoms with van der Waals surface area (Å²) in [5, 5.41) is 43.4. The maximum absolute atomic E-state index is 10.1. The number of fused-ring (bicyclic) bond motifs is 10. The van der Waals surface area contributed by atoms with E-state index in [4.69, 9.17) is 0 Å². The zero-order valence-corrected chi connectivity index (χ0v) is 17.2. The summed E-state index contributed by atoms with van der Waals surface area (Å²) in [6, 6.07) is 15.5. The van der Waals surface area contributed by atoms with Crippen LogP contribution < -0.4 is 0 Å². The molecule has 0 saturated carbocycles. The van der Waals surface area contributed by atoms with Crippen LogP contribution in [-0.4, -0.2) is 19.9 Å². The van der Waals surface area contributed by atoms with Gasteiger partial charge in [-0.15, -0.1) is 0 Å². The first-order valence-electron chi connectivity index (χ1n) is 10.1. The summed E-state index contributed by atoms with van der Waals surface area (Å²) in [6.45, 7) is 0. The predicted octanol–water partition coefficient (Wildman–Crippen LogP) is 4.52. The Morgan fingerprint density at radius 2 is 0.941 bits per heavy atom. The van der Waals surface area contributed by atoms with Crippen LogP contribution in [0.25, 0.3) is 54.4 Å². The molecule has 0 unspecified atom stereocenters. The Hall–Kier alpha value is -5.70. The van der Waals surface area contributed by atoms with Gasteiger partial charge in [0.1, 0.15) is 24.3 Å². The first kappa shape index (κ1) is 19.0. The van der Waals surface area contributed by atoms with E-state index in [1.165, 1.54) is 6.20 Å². The van der Waals surface area contributed by atoms with Crippen LogP contribution in [0.1, 0.15) is 22.3 Å². The zero-order chi connectivity index (χ0) is 23.4. The van der Waals surface area contributed by atoms with Crippen molar-refractivity contribution in [1.29, 1.82) is 21.0 Å².